The molecular weight excluding hydrogens is 398 g/mol. The van der Waals surface area contributed by atoms with Crippen molar-refractivity contribution in [2.24, 2.45) is 0 Å². The van der Waals surface area contributed by atoms with Gasteiger partial charge in [-0.25, -0.2) is 0 Å². The summed E-state index contributed by atoms with van der Waals surface area (Å²) in [6.45, 7) is 6.38. The normalized spacial score (nSPS) is 16.2. The fourth-order valence-electron chi connectivity index (χ4n) is 3.91. The van der Waals surface area contributed by atoms with Crippen LogP contribution < -0.4 is 10.9 Å². The predicted molar refractivity (Wildman–Crippen MR) is 112 cm³/mol. The summed E-state index contributed by atoms with van der Waals surface area (Å²) in [7, 11) is 0. The van der Waals surface area contributed by atoms with E-state index in [1.165, 1.54) is 4.52 Å². The van der Waals surface area contributed by atoms with Gasteiger partial charge in [0.2, 0.25) is 5.91 Å². The molecule has 5 rings (SSSR count). The fraction of sp³-hybridized carbons (Fsp3) is 0.455. The van der Waals surface area contributed by atoms with Gasteiger partial charge in [-0.15, -0.1) is 0 Å². The number of amides is 2. The van der Waals surface area contributed by atoms with Crippen LogP contribution in [0.4, 0.5) is 0 Å². The molecule has 1 aliphatic carbocycles. The van der Waals surface area contributed by atoms with Gasteiger partial charge in [0.1, 0.15) is 23.6 Å². The number of rotatable bonds is 5. The molecule has 1 N–H and O–H groups in total. The zero-order chi connectivity index (χ0) is 21.9. The van der Waals surface area contributed by atoms with E-state index in [2.05, 4.69) is 10.4 Å². The minimum Gasteiger partial charge on any atom is -0.467 e. The molecule has 0 atom stereocenters. The summed E-state index contributed by atoms with van der Waals surface area (Å²) in [4.78, 5) is 40.8. The Labute approximate surface area is 178 Å². The molecular formula is C22H25N5O4. The Bertz CT molecular complexity index is 1240. The van der Waals surface area contributed by atoms with Crippen molar-refractivity contribution < 1.29 is 14.0 Å². The zero-order valence-corrected chi connectivity index (χ0v) is 17.8. The van der Waals surface area contributed by atoms with Crippen LogP contribution in [0.15, 0.2) is 33.7 Å². The van der Waals surface area contributed by atoms with Gasteiger partial charge in [0.15, 0.2) is 0 Å². The van der Waals surface area contributed by atoms with Crippen LogP contribution in [0.3, 0.4) is 0 Å². The van der Waals surface area contributed by atoms with Crippen molar-refractivity contribution in [3.63, 3.8) is 0 Å². The maximum Gasteiger partial charge on any atom is 0.280 e. The van der Waals surface area contributed by atoms with Crippen molar-refractivity contribution in [1.82, 2.24) is 24.4 Å². The molecule has 1 aliphatic heterocycles. The summed E-state index contributed by atoms with van der Waals surface area (Å²) in [5.41, 5.74) is 1.18. The first-order valence-electron chi connectivity index (χ1n) is 10.5. The Morgan fingerprint density at radius 2 is 2.06 bits per heavy atom. The molecule has 1 fully saturated rings. The van der Waals surface area contributed by atoms with Crippen LogP contribution in [0, 0.1) is 0 Å². The number of furan rings is 1. The molecule has 2 amide bonds. The highest BCUT2D eigenvalue weighted by Gasteiger charge is 2.36. The van der Waals surface area contributed by atoms with Crippen molar-refractivity contribution >= 4 is 17.5 Å². The summed E-state index contributed by atoms with van der Waals surface area (Å²) < 4.78 is 8.34. The number of hydrogen-bond acceptors (Lipinski definition) is 5. The highest BCUT2D eigenvalue weighted by atomic mass is 16.3. The summed E-state index contributed by atoms with van der Waals surface area (Å²) >= 11 is 0. The predicted octanol–water partition coefficient (Wildman–Crippen LogP) is 1.82. The third kappa shape index (κ3) is 3.43. The first kappa shape index (κ1) is 19.6. The van der Waals surface area contributed by atoms with Crippen LogP contribution in [0.25, 0.3) is 5.65 Å². The lowest BCUT2D eigenvalue weighted by Gasteiger charge is -2.15. The van der Waals surface area contributed by atoms with E-state index in [1.807, 2.05) is 20.8 Å². The number of hydrogen-bond donors (Lipinski definition) is 1. The number of fused-ring (bicyclic) bond motifs is 2. The minimum atomic E-state index is -0.324. The van der Waals surface area contributed by atoms with Crippen molar-refractivity contribution in [3.05, 3.63) is 57.5 Å². The second-order valence-corrected chi connectivity index (χ2v) is 9.35. The molecule has 162 valence electrons. The highest BCUT2D eigenvalue weighted by Crippen LogP contribution is 2.27. The Hall–Kier alpha value is -3.36. The van der Waals surface area contributed by atoms with Gasteiger partial charge >= 0.3 is 0 Å². The van der Waals surface area contributed by atoms with Crippen LogP contribution in [-0.4, -0.2) is 36.9 Å². The van der Waals surface area contributed by atoms with Gasteiger partial charge in [-0.3, -0.25) is 14.4 Å². The standard InChI is InChI=1S/C22H25N5O4/c1-22(2,3)16-9-18-26(12-17(28)23-13-6-7-13)19-15(20(29)27(18)24-16)11-25(21(19)30)10-14-5-4-8-31-14/h4-5,8-9,13H,6-7,10-12H2,1-3H3,(H,23,28). The van der Waals surface area contributed by atoms with Gasteiger partial charge in [0, 0.05) is 17.5 Å². The van der Waals surface area contributed by atoms with E-state index in [1.54, 1.807) is 33.9 Å². The largest absolute Gasteiger partial charge is 0.467 e. The quantitative estimate of drug-likeness (QED) is 0.675. The number of aromatic nitrogens is 3. The van der Waals surface area contributed by atoms with Gasteiger partial charge < -0.3 is 19.2 Å². The summed E-state index contributed by atoms with van der Waals surface area (Å²) in [5, 5.41) is 7.50. The Morgan fingerprint density at radius 3 is 2.71 bits per heavy atom. The van der Waals surface area contributed by atoms with Crippen molar-refractivity contribution in [2.45, 2.75) is 64.7 Å². The topological polar surface area (TPSA) is 102 Å². The average molecular weight is 423 g/mol. The van der Waals surface area contributed by atoms with E-state index in [-0.39, 0.29) is 54.2 Å². The zero-order valence-electron chi connectivity index (χ0n) is 17.8. The van der Waals surface area contributed by atoms with Crippen LogP contribution in [-0.2, 0) is 29.8 Å². The van der Waals surface area contributed by atoms with Gasteiger partial charge in [0.25, 0.3) is 11.5 Å². The van der Waals surface area contributed by atoms with E-state index in [9.17, 15) is 14.4 Å². The summed E-state index contributed by atoms with van der Waals surface area (Å²) in [6, 6.07) is 5.55. The van der Waals surface area contributed by atoms with Crippen molar-refractivity contribution in [2.75, 3.05) is 0 Å². The number of nitrogens with zero attached hydrogens (tertiary/aromatic N) is 4. The first-order chi connectivity index (χ1) is 14.7. The average Bonchev–Trinajstić information content (AvgIpc) is 3.10. The molecule has 0 spiro atoms. The van der Waals surface area contributed by atoms with Gasteiger partial charge in [-0.05, 0) is 25.0 Å². The molecule has 0 unspecified atom stereocenters. The smallest absolute Gasteiger partial charge is 0.280 e. The van der Waals surface area contributed by atoms with Gasteiger partial charge in [-0.1, -0.05) is 20.8 Å². The molecule has 0 aromatic carbocycles. The van der Waals surface area contributed by atoms with E-state index in [0.29, 0.717) is 17.0 Å². The minimum absolute atomic E-state index is 0.0434. The molecule has 3 aromatic rings. The Morgan fingerprint density at radius 1 is 1.29 bits per heavy atom. The monoisotopic (exact) mass is 423 g/mol. The van der Waals surface area contributed by atoms with Crippen LogP contribution >= 0.6 is 0 Å². The Kier molecular flexibility index (Phi) is 4.32. The van der Waals surface area contributed by atoms with Crippen LogP contribution in [0.1, 0.15) is 61.1 Å². The van der Waals surface area contributed by atoms with Crippen molar-refractivity contribution in [1.29, 1.82) is 0 Å². The maximum atomic E-state index is 13.3. The molecule has 2 aliphatic rings. The number of nitrogens with one attached hydrogen (secondary N) is 1. The second-order valence-electron chi connectivity index (χ2n) is 9.35. The highest BCUT2D eigenvalue weighted by molar-refractivity contribution is 5.97. The Balaban J connectivity index is 1.62. The number of carbonyl (C=O) groups excluding carboxylic acids is 2. The van der Waals surface area contributed by atoms with E-state index in [0.717, 1.165) is 18.5 Å². The molecule has 1 saturated carbocycles. The lowest BCUT2D eigenvalue weighted by atomic mass is 9.93. The molecule has 31 heavy (non-hydrogen) atoms. The molecule has 0 bridgehead atoms. The first-order valence-corrected chi connectivity index (χ1v) is 10.5. The van der Waals surface area contributed by atoms with Crippen LogP contribution in [0.2, 0.25) is 0 Å². The van der Waals surface area contributed by atoms with Crippen LogP contribution in [0.5, 0.6) is 0 Å². The third-order valence-electron chi connectivity index (χ3n) is 5.75. The third-order valence-corrected chi connectivity index (χ3v) is 5.75. The molecule has 0 radical (unpaired) electrons. The number of carbonyl (C=O) groups is 2. The molecule has 3 aromatic heterocycles. The SMILES string of the molecule is CC(C)(C)c1cc2n(CC(=O)NC3CC3)c3c(c(=O)n2n1)CN(Cc1ccco1)C3=O. The molecule has 9 heteroatoms. The molecule has 9 nitrogen and oxygen atoms in total. The fourth-order valence-corrected chi connectivity index (χ4v) is 3.91. The van der Waals surface area contributed by atoms with E-state index >= 15 is 0 Å². The maximum absolute atomic E-state index is 13.3. The van der Waals surface area contributed by atoms with E-state index < -0.39 is 0 Å². The van der Waals surface area contributed by atoms with E-state index in [4.69, 9.17) is 4.42 Å². The lowest BCUT2D eigenvalue weighted by Crippen LogP contribution is -2.33. The second kappa shape index (κ2) is 6.83. The van der Waals surface area contributed by atoms with Gasteiger partial charge in [0.05, 0.1) is 30.6 Å². The molecule has 4 heterocycles. The van der Waals surface area contributed by atoms with Crippen molar-refractivity contribution in [3.8, 4) is 0 Å². The summed E-state index contributed by atoms with van der Waals surface area (Å²) in [5.74, 6) is 0.168. The summed E-state index contributed by atoms with van der Waals surface area (Å²) in [6.07, 6.45) is 3.49. The van der Waals surface area contributed by atoms with Gasteiger partial charge in [-0.2, -0.15) is 9.61 Å². The lowest BCUT2D eigenvalue weighted by molar-refractivity contribution is -0.121. The molecule has 0 saturated heterocycles.